The zero-order chi connectivity index (χ0) is 16.8. The van der Waals surface area contributed by atoms with Crippen molar-refractivity contribution < 1.29 is 14.3 Å². The van der Waals surface area contributed by atoms with Gasteiger partial charge in [-0.3, -0.25) is 0 Å². The van der Waals surface area contributed by atoms with E-state index in [0.29, 0.717) is 19.6 Å². The molecular weight excluding hydrogens is 308 g/mol. The molecule has 2 amide bonds. The van der Waals surface area contributed by atoms with Gasteiger partial charge in [0.05, 0.1) is 18.5 Å². The maximum atomic E-state index is 12.7. The average molecular weight is 336 g/mol. The quantitative estimate of drug-likeness (QED) is 0.822. The summed E-state index contributed by atoms with van der Waals surface area (Å²) < 4.78 is 13.4. The van der Waals surface area contributed by atoms with Crippen LogP contribution >= 0.6 is 0 Å². The molecule has 7 nitrogen and oxygen atoms in total. The molecule has 2 saturated heterocycles. The van der Waals surface area contributed by atoms with E-state index in [1.165, 1.54) is 0 Å². The molecule has 2 aliphatic heterocycles. The Morgan fingerprint density at radius 2 is 1.96 bits per heavy atom. The van der Waals surface area contributed by atoms with Gasteiger partial charge in [0, 0.05) is 51.3 Å². The summed E-state index contributed by atoms with van der Waals surface area (Å²) in [6, 6.07) is -0.00296. The summed E-state index contributed by atoms with van der Waals surface area (Å²) in [7, 11) is 0. The fourth-order valence-corrected chi connectivity index (χ4v) is 3.37. The molecule has 1 aromatic heterocycles. The second kappa shape index (κ2) is 8.48. The normalized spacial score (nSPS) is 24.9. The highest BCUT2D eigenvalue weighted by Gasteiger charge is 2.27. The molecule has 7 heteroatoms. The predicted molar refractivity (Wildman–Crippen MR) is 89.7 cm³/mol. The largest absolute Gasteiger partial charge is 0.376 e. The van der Waals surface area contributed by atoms with Crippen molar-refractivity contribution in [1.82, 2.24) is 19.8 Å². The van der Waals surface area contributed by atoms with Crippen molar-refractivity contribution in [3.05, 3.63) is 18.7 Å². The van der Waals surface area contributed by atoms with Gasteiger partial charge in [0.1, 0.15) is 0 Å². The van der Waals surface area contributed by atoms with Gasteiger partial charge in [-0.25, -0.2) is 9.78 Å². The zero-order valence-corrected chi connectivity index (χ0v) is 14.4. The lowest BCUT2D eigenvalue weighted by Crippen LogP contribution is -2.49. The summed E-state index contributed by atoms with van der Waals surface area (Å²) in [5.74, 6) is 0. The highest BCUT2D eigenvalue weighted by molar-refractivity contribution is 5.74. The SMILES string of the molecule is CC(Cn1ccnc1)NC(=O)N(CC1CCCO1)CC1CCCO1. The van der Waals surface area contributed by atoms with Crippen LogP contribution in [0.15, 0.2) is 18.7 Å². The van der Waals surface area contributed by atoms with Crippen LogP contribution < -0.4 is 5.32 Å². The van der Waals surface area contributed by atoms with Crippen molar-refractivity contribution in [2.45, 2.75) is 57.4 Å². The van der Waals surface area contributed by atoms with Crippen LogP contribution in [-0.2, 0) is 16.0 Å². The van der Waals surface area contributed by atoms with Crippen LogP contribution in [0.1, 0.15) is 32.6 Å². The first kappa shape index (κ1) is 17.2. The van der Waals surface area contributed by atoms with E-state index in [1.54, 1.807) is 12.5 Å². The van der Waals surface area contributed by atoms with Gasteiger partial charge in [-0.15, -0.1) is 0 Å². The second-order valence-electron chi connectivity index (χ2n) is 6.79. The van der Waals surface area contributed by atoms with Gasteiger partial charge >= 0.3 is 6.03 Å². The molecule has 3 unspecified atom stereocenters. The highest BCUT2D eigenvalue weighted by atomic mass is 16.5. The van der Waals surface area contributed by atoms with Crippen LogP contribution in [0.3, 0.4) is 0 Å². The molecule has 1 N–H and O–H groups in total. The lowest BCUT2D eigenvalue weighted by Gasteiger charge is -2.29. The first-order chi connectivity index (χ1) is 11.7. The Balaban J connectivity index is 1.54. The average Bonchev–Trinajstić information content (AvgIpc) is 3.30. The smallest absolute Gasteiger partial charge is 0.317 e. The van der Waals surface area contributed by atoms with Gasteiger partial charge in [0.15, 0.2) is 0 Å². The van der Waals surface area contributed by atoms with Crippen LogP contribution in [0.4, 0.5) is 4.79 Å². The maximum Gasteiger partial charge on any atom is 0.317 e. The fourth-order valence-electron chi connectivity index (χ4n) is 3.37. The Bertz CT molecular complexity index is 478. The molecule has 0 radical (unpaired) electrons. The molecule has 0 saturated carbocycles. The van der Waals surface area contributed by atoms with Crippen LogP contribution in [0.25, 0.3) is 0 Å². The lowest BCUT2D eigenvalue weighted by atomic mass is 10.2. The number of carbonyl (C=O) groups is 1. The van der Waals surface area contributed by atoms with Gasteiger partial charge in [-0.05, 0) is 32.6 Å². The second-order valence-corrected chi connectivity index (χ2v) is 6.79. The molecule has 2 aliphatic rings. The van der Waals surface area contributed by atoms with E-state index in [0.717, 1.165) is 38.9 Å². The number of urea groups is 1. The maximum absolute atomic E-state index is 12.7. The Kier molecular flexibility index (Phi) is 6.09. The molecule has 0 spiro atoms. The minimum atomic E-state index is -0.0337. The number of aromatic nitrogens is 2. The number of nitrogens with one attached hydrogen (secondary N) is 1. The predicted octanol–water partition coefficient (Wildman–Crippen LogP) is 1.64. The van der Waals surface area contributed by atoms with Gasteiger partial charge < -0.3 is 24.3 Å². The number of hydrogen-bond acceptors (Lipinski definition) is 4. The topological polar surface area (TPSA) is 68.6 Å². The molecule has 0 bridgehead atoms. The summed E-state index contributed by atoms with van der Waals surface area (Å²) in [6.07, 6.45) is 9.93. The number of rotatable bonds is 7. The molecule has 3 rings (SSSR count). The van der Waals surface area contributed by atoms with E-state index in [-0.39, 0.29) is 24.3 Å². The number of amides is 2. The summed E-state index contributed by atoms with van der Waals surface area (Å²) in [4.78, 5) is 18.6. The Morgan fingerprint density at radius 1 is 1.29 bits per heavy atom. The third-order valence-electron chi connectivity index (χ3n) is 4.60. The summed E-state index contributed by atoms with van der Waals surface area (Å²) in [5.41, 5.74) is 0. The van der Waals surface area contributed by atoms with E-state index in [2.05, 4.69) is 10.3 Å². The number of nitrogens with zero attached hydrogens (tertiary/aromatic N) is 3. The molecular formula is C17H28N4O3. The van der Waals surface area contributed by atoms with Crippen molar-refractivity contribution in [3.8, 4) is 0 Å². The van der Waals surface area contributed by atoms with Crippen LogP contribution in [0.2, 0.25) is 0 Å². The molecule has 0 aliphatic carbocycles. The molecule has 134 valence electrons. The van der Waals surface area contributed by atoms with Crippen molar-refractivity contribution in [3.63, 3.8) is 0 Å². The van der Waals surface area contributed by atoms with Crippen molar-refractivity contribution in [1.29, 1.82) is 0 Å². The zero-order valence-electron chi connectivity index (χ0n) is 14.4. The Morgan fingerprint density at radius 3 is 2.46 bits per heavy atom. The van der Waals surface area contributed by atoms with E-state index in [4.69, 9.17) is 9.47 Å². The molecule has 0 aromatic carbocycles. The summed E-state index contributed by atoms with van der Waals surface area (Å²) in [5, 5.41) is 3.09. The van der Waals surface area contributed by atoms with Crippen LogP contribution in [0.5, 0.6) is 0 Å². The standard InChI is InChI=1S/C17H28N4O3/c1-14(10-20-7-6-18-13-20)19-17(22)21(11-15-4-2-8-23-15)12-16-5-3-9-24-16/h6-7,13-16H,2-5,8-12H2,1H3,(H,19,22). The molecule has 1 aromatic rings. The molecule has 24 heavy (non-hydrogen) atoms. The Labute approximate surface area is 143 Å². The van der Waals surface area contributed by atoms with E-state index in [9.17, 15) is 4.79 Å². The number of ether oxygens (including phenoxy) is 2. The summed E-state index contributed by atoms with van der Waals surface area (Å²) in [6.45, 7) is 5.61. The molecule has 3 atom stereocenters. The Hall–Kier alpha value is -1.60. The van der Waals surface area contributed by atoms with Crippen molar-refractivity contribution in [2.24, 2.45) is 0 Å². The van der Waals surface area contributed by atoms with E-state index in [1.807, 2.05) is 22.6 Å². The highest BCUT2D eigenvalue weighted by Crippen LogP contribution is 2.17. The number of hydrogen-bond donors (Lipinski definition) is 1. The minimum absolute atomic E-state index is 0.0307. The van der Waals surface area contributed by atoms with Gasteiger partial charge in [0.2, 0.25) is 0 Å². The van der Waals surface area contributed by atoms with Crippen molar-refractivity contribution >= 4 is 6.03 Å². The monoisotopic (exact) mass is 336 g/mol. The third kappa shape index (κ3) is 4.95. The minimum Gasteiger partial charge on any atom is -0.376 e. The van der Waals surface area contributed by atoms with E-state index >= 15 is 0 Å². The van der Waals surface area contributed by atoms with Crippen LogP contribution in [0, 0.1) is 0 Å². The van der Waals surface area contributed by atoms with Gasteiger partial charge in [-0.1, -0.05) is 0 Å². The lowest BCUT2D eigenvalue weighted by molar-refractivity contribution is 0.0493. The third-order valence-corrected chi connectivity index (χ3v) is 4.60. The van der Waals surface area contributed by atoms with Gasteiger partial charge in [-0.2, -0.15) is 0 Å². The van der Waals surface area contributed by atoms with Gasteiger partial charge in [0.25, 0.3) is 0 Å². The van der Waals surface area contributed by atoms with Crippen molar-refractivity contribution in [2.75, 3.05) is 26.3 Å². The number of imidazole rings is 1. The van der Waals surface area contributed by atoms with E-state index < -0.39 is 0 Å². The van der Waals surface area contributed by atoms with Crippen LogP contribution in [-0.4, -0.2) is 65.0 Å². The fraction of sp³-hybridized carbons (Fsp3) is 0.765. The summed E-state index contributed by atoms with van der Waals surface area (Å²) >= 11 is 0. The first-order valence-electron chi connectivity index (χ1n) is 8.95. The first-order valence-corrected chi connectivity index (χ1v) is 8.95. The number of carbonyl (C=O) groups excluding carboxylic acids is 1. The molecule has 2 fully saturated rings. The molecule has 3 heterocycles.